The van der Waals surface area contributed by atoms with E-state index in [1.807, 2.05) is 0 Å². The third-order valence-electron chi connectivity index (χ3n) is 5.17. The lowest BCUT2D eigenvalue weighted by molar-refractivity contribution is 0.0948. The normalized spacial score (nSPS) is 20.3. The molecule has 1 aliphatic carbocycles. The maximum absolute atomic E-state index is 12.4. The van der Waals surface area contributed by atoms with Gasteiger partial charge in [-0.15, -0.1) is 0 Å². The van der Waals surface area contributed by atoms with Gasteiger partial charge in [-0.3, -0.25) is 9.69 Å². The van der Waals surface area contributed by atoms with Crippen LogP contribution in [0.2, 0.25) is 0 Å². The van der Waals surface area contributed by atoms with Crippen LogP contribution >= 0.6 is 0 Å². The van der Waals surface area contributed by atoms with Crippen LogP contribution in [0.1, 0.15) is 36.0 Å². The van der Waals surface area contributed by atoms with Crippen molar-refractivity contribution in [1.82, 2.24) is 10.2 Å². The lowest BCUT2D eigenvalue weighted by atomic mass is 10.2. The van der Waals surface area contributed by atoms with Gasteiger partial charge in [0, 0.05) is 31.7 Å². The Bertz CT molecular complexity index is 745. The number of amides is 1. The first-order valence-electron chi connectivity index (χ1n) is 9.52. The van der Waals surface area contributed by atoms with Crippen LogP contribution in [-0.2, 0) is 9.84 Å². The summed E-state index contributed by atoms with van der Waals surface area (Å²) in [5, 5.41) is 2.88. The first kappa shape index (κ1) is 19.9. The van der Waals surface area contributed by atoms with Gasteiger partial charge in [-0.25, -0.2) is 8.42 Å². The van der Waals surface area contributed by atoms with Crippen LogP contribution in [0, 0.1) is 0 Å². The van der Waals surface area contributed by atoms with Gasteiger partial charge in [0.25, 0.3) is 5.91 Å². The molecule has 1 N–H and O–H groups in total. The van der Waals surface area contributed by atoms with Gasteiger partial charge in [0.15, 0.2) is 21.3 Å². The zero-order valence-electron chi connectivity index (χ0n) is 15.8. The number of ether oxygens (including phenoxy) is 2. The average Bonchev–Trinajstić information content (AvgIpc) is 3.16. The summed E-state index contributed by atoms with van der Waals surface area (Å²) in [6, 6.07) is 5.24. The van der Waals surface area contributed by atoms with Crippen LogP contribution in [0.5, 0.6) is 11.5 Å². The Balaban J connectivity index is 1.50. The van der Waals surface area contributed by atoms with Crippen molar-refractivity contribution in [2.24, 2.45) is 0 Å². The highest BCUT2D eigenvalue weighted by Crippen LogP contribution is 2.32. The molecule has 1 amide bonds. The molecule has 0 bridgehead atoms. The molecule has 0 aromatic heterocycles. The van der Waals surface area contributed by atoms with E-state index < -0.39 is 9.84 Å². The van der Waals surface area contributed by atoms with Crippen LogP contribution in [0.25, 0.3) is 0 Å². The minimum absolute atomic E-state index is 0.176. The fraction of sp³-hybridized carbons (Fsp3) is 0.632. The summed E-state index contributed by atoms with van der Waals surface area (Å²) in [4.78, 5) is 14.4. The Labute approximate surface area is 160 Å². The summed E-state index contributed by atoms with van der Waals surface area (Å²) in [6.45, 7) is 2.17. The van der Waals surface area contributed by atoms with Gasteiger partial charge < -0.3 is 14.8 Å². The number of hydrogen-bond acceptors (Lipinski definition) is 6. The summed E-state index contributed by atoms with van der Waals surface area (Å²) in [5.74, 6) is 1.46. The van der Waals surface area contributed by atoms with Crippen LogP contribution in [0.3, 0.4) is 0 Å². The highest BCUT2D eigenvalue weighted by molar-refractivity contribution is 7.91. The maximum atomic E-state index is 12.4. The third kappa shape index (κ3) is 5.59. The Morgan fingerprint density at radius 3 is 2.56 bits per heavy atom. The van der Waals surface area contributed by atoms with E-state index in [2.05, 4.69) is 10.2 Å². The molecule has 1 saturated carbocycles. The summed E-state index contributed by atoms with van der Waals surface area (Å²) in [6.07, 6.45) is 4.73. The van der Waals surface area contributed by atoms with Crippen LogP contribution in [-0.4, -0.2) is 70.1 Å². The number of carbonyl (C=O) groups excluding carboxylic acids is 1. The molecule has 3 rings (SSSR count). The molecule has 8 heteroatoms. The van der Waals surface area contributed by atoms with Crippen LogP contribution in [0.4, 0.5) is 0 Å². The first-order valence-corrected chi connectivity index (χ1v) is 11.3. The predicted molar refractivity (Wildman–Crippen MR) is 103 cm³/mol. The second kappa shape index (κ2) is 8.93. The number of sulfone groups is 1. The van der Waals surface area contributed by atoms with Crippen molar-refractivity contribution in [1.29, 1.82) is 0 Å². The monoisotopic (exact) mass is 396 g/mol. The fourth-order valence-electron chi connectivity index (χ4n) is 3.50. The van der Waals surface area contributed by atoms with E-state index in [9.17, 15) is 13.2 Å². The number of carbonyl (C=O) groups is 1. The minimum Gasteiger partial charge on any atom is -0.493 e. The molecule has 0 unspecified atom stereocenters. The van der Waals surface area contributed by atoms with Gasteiger partial charge >= 0.3 is 0 Å². The van der Waals surface area contributed by atoms with Crippen molar-refractivity contribution in [2.75, 3.05) is 44.8 Å². The molecule has 1 heterocycles. The van der Waals surface area contributed by atoms with E-state index in [0.717, 1.165) is 12.8 Å². The van der Waals surface area contributed by atoms with E-state index in [-0.39, 0.29) is 23.5 Å². The van der Waals surface area contributed by atoms with Crippen molar-refractivity contribution in [3.05, 3.63) is 23.8 Å². The summed E-state index contributed by atoms with van der Waals surface area (Å²) >= 11 is 0. The second-order valence-electron chi connectivity index (χ2n) is 7.14. The molecule has 27 heavy (non-hydrogen) atoms. The van der Waals surface area contributed by atoms with E-state index in [0.29, 0.717) is 43.2 Å². The minimum atomic E-state index is -2.88. The van der Waals surface area contributed by atoms with E-state index in [1.165, 1.54) is 12.8 Å². The van der Waals surface area contributed by atoms with Crippen LogP contribution in [0.15, 0.2) is 18.2 Å². The van der Waals surface area contributed by atoms with E-state index >= 15 is 0 Å². The van der Waals surface area contributed by atoms with Crippen molar-refractivity contribution < 1.29 is 22.7 Å². The smallest absolute Gasteiger partial charge is 0.251 e. The molecule has 150 valence electrons. The number of rotatable bonds is 7. The Kier molecular flexibility index (Phi) is 6.59. The van der Waals surface area contributed by atoms with Gasteiger partial charge in [0.1, 0.15) is 0 Å². The van der Waals surface area contributed by atoms with Gasteiger partial charge in [-0.05, 0) is 43.9 Å². The molecule has 0 radical (unpaired) electrons. The van der Waals surface area contributed by atoms with Gasteiger partial charge in [-0.1, -0.05) is 0 Å². The number of benzene rings is 1. The second-order valence-corrected chi connectivity index (χ2v) is 9.44. The highest BCUT2D eigenvalue weighted by Gasteiger charge is 2.22. The molecule has 1 aromatic carbocycles. The SMILES string of the molecule is COc1cc(C(=O)NCCN2CCS(=O)(=O)CC2)ccc1OC1CCCC1. The third-order valence-corrected chi connectivity index (χ3v) is 6.78. The van der Waals surface area contributed by atoms with Gasteiger partial charge in [0.2, 0.25) is 0 Å². The quantitative estimate of drug-likeness (QED) is 0.751. The molecule has 7 nitrogen and oxygen atoms in total. The van der Waals surface area contributed by atoms with Gasteiger partial charge in [-0.2, -0.15) is 0 Å². The molecule has 2 aliphatic rings. The maximum Gasteiger partial charge on any atom is 0.251 e. The van der Waals surface area contributed by atoms with Crippen molar-refractivity contribution in [3.8, 4) is 11.5 Å². The Morgan fingerprint density at radius 1 is 1.19 bits per heavy atom. The highest BCUT2D eigenvalue weighted by atomic mass is 32.2. The van der Waals surface area contributed by atoms with Crippen molar-refractivity contribution in [3.63, 3.8) is 0 Å². The fourth-order valence-corrected chi connectivity index (χ4v) is 4.77. The zero-order chi connectivity index (χ0) is 19.3. The molecular weight excluding hydrogens is 368 g/mol. The topological polar surface area (TPSA) is 84.9 Å². The lowest BCUT2D eigenvalue weighted by Crippen LogP contribution is -2.43. The first-order chi connectivity index (χ1) is 13.0. The number of nitrogens with zero attached hydrogens (tertiary/aromatic N) is 1. The standard InChI is InChI=1S/C19H28N2O5S/c1-25-18-14-15(6-7-17(18)26-16-4-2-3-5-16)19(22)20-8-9-21-10-12-27(23,24)13-11-21/h6-7,14,16H,2-5,8-13H2,1H3,(H,20,22). The molecule has 1 aromatic rings. The predicted octanol–water partition coefficient (Wildman–Crippen LogP) is 1.48. The average molecular weight is 397 g/mol. The van der Waals surface area contributed by atoms with Gasteiger partial charge in [0.05, 0.1) is 24.7 Å². The lowest BCUT2D eigenvalue weighted by Gasteiger charge is -2.26. The molecular formula is C19H28N2O5S. The van der Waals surface area contributed by atoms with Crippen molar-refractivity contribution in [2.45, 2.75) is 31.8 Å². The molecule has 1 saturated heterocycles. The number of methoxy groups -OCH3 is 1. The summed E-state index contributed by atoms with van der Waals surface area (Å²) < 4.78 is 34.3. The molecule has 2 fully saturated rings. The number of nitrogens with one attached hydrogen (secondary N) is 1. The largest absolute Gasteiger partial charge is 0.493 e. The summed E-state index contributed by atoms with van der Waals surface area (Å²) in [7, 11) is -1.30. The molecule has 0 atom stereocenters. The number of hydrogen-bond donors (Lipinski definition) is 1. The Hall–Kier alpha value is -1.80. The van der Waals surface area contributed by atoms with E-state index in [4.69, 9.17) is 9.47 Å². The Morgan fingerprint density at radius 2 is 1.89 bits per heavy atom. The van der Waals surface area contributed by atoms with Crippen molar-refractivity contribution >= 4 is 15.7 Å². The summed E-state index contributed by atoms with van der Waals surface area (Å²) in [5.41, 5.74) is 0.520. The van der Waals surface area contributed by atoms with E-state index in [1.54, 1.807) is 25.3 Å². The van der Waals surface area contributed by atoms with Crippen LogP contribution < -0.4 is 14.8 Å². The molecule has 0 spiro atoms. The zero-order valence-corrected chi connectivity index (χ0v) is 16.6. The molecule has 1 aliphatic heterocycles.